The highest BCUT2D eigenvalue weighted by Crippen LogP contribution is 2.20. The first kappa shape index (κ1) is 84.3. The zero-order valence-electron chi connectivity index (χ0n) is 58.6. The molecule has 510 valence electrons. The molecule has 6 heteroatoms. The number of rotatable bonds is 75. The van der Waals surface area contributed by atoms with Crippen molar-refractivity contribution in [3.63, 3.8) is 0 Å². The van der Waals surface area contributed by atoms with Gasteiger partial charge >= 0.3 is 5.97 Å². The van der Waals surface area contributed by atoms with Crippen LogP contribution in [-0.2, 0) is 14.3 Å². The molecule has 0 fully saturated rings. The first-order valence-corrected chi connectivity index (χ1v) is 39.6. The van der Waals surface area contributed by atoms with Crippen molar-refractivity contribution in [2.75, 3.05) is 13.2 Å². The maximum atomic E-state index is 12.5. The molecule has 0 saturated heterocycles. The summed E-state index contributed by atoms with van der Waals surface area (Å²) in [6, 6.07) is -0.536. The Hall–Kier alpha value is -1.66. The molecule has 6 nitrogen and oxygen atoms in total. The lowest BCUT2D eigenvalue weighted by molar-refractivity contribution is -0.143. The van der Waals surface area contributed by atoms with Crippen molar-refractivity contribution in [2.24, 2.45) is 0 Å². The molecule has 0 aromatic rings. The summed E-state index contributed by atoms with van der Waals surface area (Å²) in [4.78, 5) is 24.6. The van der Waals surface area contributed by atoms with Gasteiger partial charge < -0.3 is 20.3 Å². The summed E-state index contributed by atoms with van der Waals surface area (Å²) in [5, 5.41) is 23.4. The molecule has 1 amide bonds. The van der Waals surface area contributed by atoms with Crippen LogP contribution in [0, 0.1) is 0 Å². The van der Waals surface area contributed by atoms with Crippen LogP contribution in [0.15, 0.2) is 24.3 Å². The second-order valence-corrected chi connectivity index (χ2v) is 27.4. The van der Waals surface area contributed by atoms with Crippen molar-refractivity contribution in [1.82, 2.24) is 5.32 Å². The molecule has 0 saturated carbocycles. The van der Waals surface area contributed by atoms with Crippen molar-refractivity contribution < 1.29 is 24.5 Å². The maximum Gasteiger partial charge on any atom is 0.305 e. The van der Waals surface area contributed by atoms with Crippen molar-refractivity contribution in [2.45, 2.75) is 463 Å². The van der Waals surface area contributed by atoms with E-state index in [9.17, 15) is 19.8 Å². The van der Waals surface area contributed by atoms with E-state index in [0.29, 0.717) is 25.9 Å². The molecule has 0 aliphatic heterocycles. The second kappa shape index (κ2) is 75.8. The van der Waals surface area contributed by atoms with Crippen LogP contribution < -0.4 is 5.32 Å². The Bertz CT molecular complexity index is 1350. The fourth-order valence-electron chi connectivity index (χ4n) is 12.7. The standard InChI is InChI=1S/C80H155NO5/c1-3-5-7-9-11-13-15-17-19-45-48-52-56-60-64-68-72-78(83)77(76-82)81-79(84)73-69-65-61-57-53-49-46-43-41-39-37-35-33-31-29-27-25-23-21-20-22-24-26-28-30-32-34-36-38-40-42-44-47-51-55-59-63-67-71-75-86-80(85)74-70-66-62-58-54-50-18-16-14-12-10-8-6-4-2/h10,12,16,18,77-78,82-83H,3-9,11,13-15,17,19-76H2,1-2H3,(H,81,84)/b12-10-,18-16-. The largest absolute Gasteiger partial charge is 0.466 e. The summed E-state index contributed by atoms with van der Waals surface area (Å²) in [5.41, 5.74) is 0. The average molecular weight is 1210 g/mol. The van der Waals surface area contributed by atoms with Gasteiger partial charge in [-0.25, -0.2) is 0 Å². The van der Waals surface area contributed by atoms with E-state index in [2.05, 4.69) is 43.5 Å². The number of amides is 1. The van der Waals surface area contributed by atoms with Gasteiger partial charge in [-0.05, 0) is 51.4 Å². The summed E-state index contributed by atoms with van der Waals surface area (Å²) in [7, 11) is 0. The maximum absolute atomic E-state index is 12.5. The monoisotopic (exact) mass is 1210 g/mol. The third kappa shape index (κ3) is 71.4. The van der Waals surface area contributed by atoms with Gasteiger partial charge in [0.1, 0.15) is 0 Å². The summed E-state index contributed by atoms with van der Waals surface area (Å²) in [5.74, 6) is -0.0148. The number of aliphatic hydroxyl groups is 2. The Labute approximate surface area is 539 Å². The molecule has 0 aliphatic carbocycles. The molecule has 86 heavy (non-hydrogen) atoms. The van der Waals surface area contributed by atoms with Crippen molar-refractivity contribution >= 4 is 11.9 Å². The molecule has 0 heterocycles. The van der Waals surface area contributed by atoms with Gasteiger partial charge in [-0.1, -0.05) is 411 Å². The van der Waals surface area contributed by atoms with Crippen LogP contribution >= 0.6 is 0 Å². The first-order chi connectivity index (χ1) is 42.5. The number of carbonyl (C=O) groups is 2. The number of unbranched alkanes of at least 4 members (excludes halogenated alkanes) is 60. The molecule has 2 unspecified atom stereocenters. The summed E-state index contributed by atoms with van der Waals surface area (Å²) < 4.78 is 5.49. The topological polar surface area (TPSA) is 95.9 Å². The fourth-order valence-corrected chi connectivity index (χ4v) is 12.7. The van der Waals surface area contributed by atoms with Crippen LogP contribution in [0.25, 0.3) is 0 Å². The summed E-state index contributed by atoms with van der Waals surface area (Å²) >= 11 is 0. The van der Waals surface area contributed by atoms with E-state index in [1.807, 2.05) is 0 Å². The number of esters is 1. The minimum absolute atomic E-state index is 0.0100. The van der Waals surface area contributed by atoms with E-state index in [0.717, 1.165) is 51.4 Å². The van der Waals surface area contributed by atoms with Gasteiger partial charge in [0.25, 0.3) is 0 Å². The van der Waals surface area contributed by atoms with Gasteiger partial charge in [0.15, 0.2) is 0 Å². The quantitative estimate of drug-likeness (QED) is 0.0320. The van der Waals surface area contributed by atoms with Crippen LogP contribution in [0.4, 0.5) is 0 Å². The molecule has 0 aromatic heterocycles. The molecular formula is C80H155NO5. The van der Waals surface area contributed by atoms with Gasteiger partial charge in [0.05, 0.1) is 25.4 Å². The predicted molar refractivity (Wildman–Crippen MR) is 380 cm³/mol. The Morgan fingerprint density at radius 2 is 0.593 bits per heavy atom. The zero-order chi connectivity index (χ0) is 62.0. The van der Waals surface area contributed by atoms with E-state index >= 15 is 0 Å². The number of hydrogen-bond acceptors (Lipinski definition) is 5. The number of allylic oxidation sites excluding steroid dienone is 4. The Kier molecular flexibility index (Phi) is 74.3. The highest BCUT2D eigenvalue weighted by atomic mass is 16.5. The van der Waals surface area contributed by atoms with Crippen LogP contribution in [0.1, 0.15) is 450 Å². The van der Waals surface area contributed by atoms with E-state index in [4.69, 9.17) is 4.74 Å². The lowest BCUT2D eigenvalue weighted by Crippen LogP contribution is -2.45. The van der Waals surface area contributed by atoms with Gasteiger partial charge in [0.2, 0.25) is 5.91 Å². The minimum Gasteiger partial charge on any atom is -0.466 e. The summed E-state index contributed by atoms with van der Waals surface area (Å²) in [6.45, 7) is 4.95. The number of carbonyl (C=O) groups excluding carboxylic acids is 2. The Balaban J connectivity index is 3.29. The fraction of sp³-hybridized carbons (Fsp3) is 0.925. The van der Waals surface area contributed by atoms with E-state index in [1.54, 1.807) is 0 Å². The lowest BCUT2D eigenvalue weighted by Gasteiger charge is -2.22. The smallest absolute Gasteiger partial charge is 0.305 e. The Morgan fingerprint density at radius 3 is 0.919 bits per heavy atom. The molecule has 0 rings (SSSR count). The van der Waals surface area contributed by atoms with Crippen LogP contribution in [0.2, 0.25) is 0 Å². The molecular weight excluding hydrogens is 1050 g/mol. The molecule has 0 radical (unpaired) electrons. The van der Waals surface area contributed by atoms with Gasteiger partial charge in [-0.15, -0.1) is 0 Å². The normalized spacial score (nSPS) is 12.6. The van der Waals surface area contributed by atoms with E-state index in [1.165, 1.54) is 366 Å². The molecule has 0 bridgehead atoms. The van der Waals surface area contributed by atoms with Gasteiger partial charge in [0, 0.05) is 12.8 Å². The number of ether oxygens (including phenoxy) is 1. The SMILES string of the molecule is CCCC/C=C\C/C=C\CCCCCCCC(=O)OCCCCCCCCCCCCCCCCCCCCCCCCCCCCCCCCCCCCCCCCCC(=O)NC(CO)C(O)CCCCCCCCCCCCCCCCCC. The van der Waals surface area contributed by atoms with Crippen molar-refractivity contribution in [1.29, 1.82) is 0 Å². The molecule has 0 aromatic carbocycles. The number of hydrogen-bond donors (Lipinski definition) is 3. The molecule has 3 N–H and O–H groups in total. The lowest BCUT2D eigenvalue weighted by atomic mass is 10.0. The molecule has 0 spiro atoms. The van der Waals surface area contributed by atoms with Gasteiger partial charge in [-0.2, -0.15) is 0 Å². The predicted octanol–water partition coefficient (Wildman–Crippen LogP) is 26.0. The summed E-state index contributed by atoms with van der Waals surface area (Å²) in [6.07, 6.45) is 97.1. The van der Waals surface area contributed by atoms with Gasteiger partial charge in [-0.3, -0.25) is 9.59 Å². The Morgan fingerprint density at radius 1 is 0.326 bits per heavy atom. The second-order valence-electron chi connectivity index (χ2n) is 27.4. The van der Waals surface area contributed by atoms with E-state index < -0.39 is 12.1 Å². The highest BCUT2D eigenvalue weighted by molar-refractivity contribution is 5.76. The minimum atomic E-state index is -0.659. The zero-order valence-corrected chi connectivity index (χ0v) is 58.6. The van der Waals surface area contributed by atoms with Crippen LogP contribution in [-0.4, -0.2) is 47.4 Å². The third-order valence-electron chi connectivity index (χ3n) is 18.8. The number of aliphatic hydroxyl groups excluding tert-OH is 2. The number of nitrogens with one attached hydrogen (secondary N) is 1. The highest BCUT2D eigenvalue weighted by Gasteiger charge is 2.20. The van der Waals surface area contributed by atoms with Crippen LogP contribution in [0.5, 0.6) is 0 Å². The molecule has 2 atom stereocenters. The first-order valence-electron chi connectivity index (χ1n) is 39.6. The molecule has 0 aliphatic rings. The average Bonchev–Trinajstić information content (AvgIpc) is 3.60. The van der Waals surface area contributed by atoms with Crippen molar-refractivity contribution in [3.8, 4) is 0 Å². The van der Waals surface area contributed by atoms with Crippen LogP contribution in [0.3, 0.4) is 0 Å². The third-order valence-corrected chi connectivity index (χ3v) is 18.8. The van der Waals surface area contributed by atoms with E-state index in [-0.39, 0.29) is 18.5 Å². The van der Waals surface area contributed by atoms with Crippen molar-refractivity contribution in [3.05, 3.63) is 24.3 Å².